The number of hydrogen-bond acceptors (Lipinski definition) is 4. The highest BCUT2D eigenvalue weighted by Gasteiger charge is 2.17. The van der Waals surface area contributed by atoms with Gasteiger partial charge in [-0.1, -0.05) is 37.3 Å². The van der Waals surface area contributed by atoms with Crippen molar-refractivity contribution in [2.45, 2.75) is 19.3 Å². The fraction of sp³-hybridized carbons (Fsp3) is 0.278. The molecule has 2 rings (SSSR count). The number of carbonyl (C=O) groups is 1. The van der Waals surface area contributed by atoms with Crippen molar-refractivity contribution < 1.29 is 4.79 Å². The minimum atomic E-state index is -0.121. The molecular formula is C18H20N4O. The molecule has 0 spiro atoms. The topological polar surface area (TPSA) is 77.8 Å². The van der Waals surface area contributed by atoms with Gasteiger partial charge in [0.2, 0.25) is 5.91 Å². The molecule has 1 atom stereocenters. The highest BCUT2D eigenvalue weighted by molar-refractivity contribution is 5.83. The van der Waals surface area contributed by atoms with Gasteiger partial charge in [0, 0.05) is 19.3 Å². The van der Waals surface area contributed by atoms with Crippen LogP contribution >= 0.6 is 0 Å². The molecular weight excluding hydrogens is 288 g/mol. The Balaban J connectivity index is 1.78. The third-order valence-corrected chi connectivity index (χ3v) is 3.55. The van der Waals surface area contributed by atoms with Crippen molar-refractivity contribution in [3.8, 4) is 6.07 Å². The van der Waals surface area contributed by atoms with Crippen LogP contribution in [0.4, 0.5) is 5.82 Å². The quantitative estimate of drug-likeness (QED) is 0.771. The first kappa shape index (κ1) is 16.5. The summed E-state index contributed by atoms with van der Waals surface area (Å²) in [6.07, 6.45) is 2.28. The third-order valence-electron chi connectivity index (χ3n) is 3.55. The summed E-state index contributed by atoms with van der Waals surface area (Å²) in [7, 11) is 0. The largest absolute Gasteiger partial charge is 0.368 e. The molecule has 0 radical (unpaired) electrons. The van der Waals surface area contributed by atoms with Crippen LogP contribution in [0.3, 0.4) is 0 Å². The summed E-state index contributed by atoms with van der Waals surface area (Å²) in [5, 5.41) is 14.8. The zero-order chi connectivity index (χ0) is 16.5. The summed E-state index contributed by atoms with van der Waals surface area (Å²) >= 11 is 0. The molecule has 0 fully saturated rings. The van der Waals surface area contributed by atoms with E-state index in [2.05, 4.69) is 15.6 Å². The highest BCUT2D eigenvalue weighted by atomic mass is 16.1. The van der Waals surface area contributed by atoms with Gasteiger partial charge in [0.15, 0.2) is 0 Å². The molecule has 1 unspecified atom stereocenters. The van der Waals surface area contributed by atoms with E-state index in [1.54, 1.807) is 12.1 Å². The summed E-state index contributed by atoms with van der Waals surface area (Å²) in [6, 6.07) is 15.3. The third kappa shape index (κ3) is 4.82. The van der Waals surface area contributed by atoms with Crippen LogP contribution in [-0.2, 0) is 4.79 Å². The van der Waals surface area contributed by atoms with Crippen LogP contribution in [0, 0.1) is 11.3 Å². The first-order chi connectivity index (χ1) is 11.2. The molecule has 1 aromatic heterocycles. The van der Waals surface area contributed by atoms with E-state index in [4.69, 9.17) is 5.26 Å². The molecule has 0 bridgehead atoms. The van der Waals surface area contributed by atoms with Crippen molar-refractivity contribution in [1.29, 1.82) is 5.26 Å². The van der Waals surface area contributed by atoms with Gasteiger partial charge in [-0.3, -0.25) is 4.79 Å². The summed E-state index contributed by atoms with van der Waals surface area (Å²) < 4.78 is 0. The Bertz CT molecular complexity index is 662. The van der Waals surface area contributed by atoms with Crippen LogP contribution in [-0.4, -0.2) is 24.0 Å². The lowest BCUT2D eigenvalue weighted by Gasteiger charge is -2.15. The maximum atomic E-state index is 12.3. The Kier molecular flexibility index (Phi) is 6.13. The Labute approximate surface area is 136 Å². The van der Waals surface area contributed by atoms with E-state index >= 15 is 0 Å². The molecule has 2 N–H and O–H groups in total. The van der Waals surface area contributed by atoms with Crippen molar-refractivity contribution in [3.63, 3.8) is 0 Å². The lowest BCUT2D eigenvalue weighted by molar-refractivity contribution is -0.122. The number of pyridine rings is 1. The van der Waals surface area contributed by atoms with Gasteiger partial charge in [-0.2, -0.15) is 5.26 Å². The van der Waals surface area contributed by atoms with Crippen LogP contribution in [0.15, 0.2) is 48.7 Å². The molecule has 23 heavy (non-hydrogen) atoms. The summed E-state index contributed by atoms with van der Waals surface area (Å²) in [5.41, 5.74) is 1.56. The fourth-order valence-electron chi connectivity index (χ4n) is 2.32. The second-order valence-electron chi connectivity index (χ2n) is 5.13. The van der Waals surface area contributed by atoms with Gasteiger partial charge in [-0.05, 0) is 24.1 Å². The molecule has 5 heteroatoms. The maximum absolute atomic E-state index is 12.3. The second-order valence-corrected chi connectivity index (χ2v) is 5.13. The molecule has 1 amide bonds. The van der Waals surface area contributed by atoms with Crippen molar-refractivity contribution in [2.75, 3.05) is 18.4 Å². The number of nitrogens with one attached hydrogen (secondary N) is 2. The van der Waals surface area contributed by atoms with Crippen molar-refractivity contribution in [3.05, 3.63) is 59.8 Å². The number of anilines is 1. The monoisotopic (exact) mass is 308 g/mol. The molecule has 1 heterocycles. The number of hydrogen-bond donors (Lipinski definition) is 2. The van der Waals surface area contributed by atoms with Gasteiger partial charge in [-0.25, -0.2) is 4.98 Å². The number of rotatable bonds is 7. The Morgan fingerprint density at radius 1 is 1.22 bits per heavy atom. The van der Waals surface area contributed by atoms with Crippen molar-refractivity contribution >= 4 is 11.7 Å². The van der Waals surface area contributed by atoms with Crippen LogP contribution < -0.4 is 10.6 Å². The molecule has 5 nitrogen and oxygen atoms in total. The first-order valence-electron chi connectivity index (χ1n) is 7.67. The van der Waals surface area contributed by atoms with E-state index in [1.165, 1.54) is 6.20 Å². The smallest absolute Gasteiger partial charge is 0.227 e. The standard InChI is InChI=1S/C18H20N4O/c1-2-16(15-6-4-3-5-7-15)18(23)21-11-10-20-17-9-8-14(12-19)13-22-17/h3-9,13,16H,2,10-11H2,1H3,(H,20,22)(H,21,23). The van der Waals surface area contributed by atoms with E-state index in [9.17, 15) is 4.79 Å². The number of nitriles is 1. The highest BCUT2D eigenvalue weighted by Crippen LogP contribution is 2.18. The van der Waals surface area contributed by atoms with E-state index in [1.807, 2.05) is 43.3 Å². The van der Waals surface area contributed by atoms with Crippen molar-refractivity contribution in [1.82, 2.24) is 10.3 Å². The second kappa shape index (κ2) is 8.54. The molecule has 2 aromatic rings. The lowest BCUT2D eigenvalue weighted by Crippen LogP contribution is -2.33. The zero-order valence-corrected chi connectivity index (χ0v) is 13.1. The van der Waals surface area contributed by atoms with Gasteiger partial charge < -0.3 is 10.6 Å². The average molecular weight is 308 g/mol. The Morgan fingerprint density at radius 2 is 2.00 bits per heavy atom. The van der Waals surface area contributed by atoms with Gasteiger partial charge >= 0.3 is 0 Å². The fourth-order valence-corrected chi connectivity index (χ4v) is 2.32. The summed E-state index contributed by atoms with van der Waals surface area (Å²) in [6.45, 7) is 3.11. The van der Waals surface area contributed by atoms with Crippen LogP contribution in [0.1, 0.15) is 30.4 Å². The number of aromatic nitrogens is 1. The van der Waals surface area contributed by atoms with Gasteiger partial charge in [0.1, 0.15) is 11.9 Å². The van der Waals surface area contributed by atoms with Crippen molar-refractivity contribution in [2.24, 2.45) is 0 Å². The molecule has 0 aliphatic heterocycles. The van der Waals surface area contributed by atoms with E-state index < -0.39 is 0 Å². The molecule has 1 aromatic carbocycles. The summed E-state index contributed by atoms with van der Waals surface area (Å²) in [4.78, 5) is 16.4. The predicted octanol–water partition coefficient (Wildman–Crippen LogP) is 2.68. The Morgan fingerprint density at radius 3 is 2.61 bits per heavy atom. The van der Waals surface area contributed by atoms with E-state index in [0.29, 0.717) is 24.5 Å². The number of benzene rings is 1. The maximum Gasteiger partial charge on any atom is 0.227 e. The average Bonchev–Trinajstić information content (AvgIpc) is 2.61. The summed E-state index contributed by atoms with van der Waals surface area (Å²) in [5.74, 6) is 0.603. The predicted molar refractivity (Wildman–Crippen MR) is 89.9 cm³/mol. The Hall–Kier alpha value is -2.87. The number of carbonyl (C=O) groups excluding carboxylic acids is 1. The zero-order valence-electron chi connectivity index (χ0n) is 13.1. The van der Waals surface area contributed by atoms with Crippen LogP contribution in [0.25, 0.3) is 0 Å². The van der Waals surface area contributed by atoms with Crippen LogP contribution in [0.2, 0.25) is 0 Å². The molecule has 0 saturated carbocycles. The molecule has 118 valence electrons. The van der Waals surface area contributed by atoms with E-state index in [-0.39, 0.29) is 11.8 Å². The molecule has 0 saturated heterocycles. The number of amides is 1. The first-order valence-corrected chi connectivity index (χ1v) is 7.67. The minimum absolute atomic E-state index is 0.0355. The van der Waals surface area contributed by atoms with E-state index in [0.717, 1.165) is 12.0 Å². The number of nitrogens with zero attached hydrogens (tertiary/aromatic N) is 2. The SMILES string of the molecule is CCC(C(=O)NCCNc1ccc(C#N)cn1)c1ccccc1. The molecule has 0 aliphatic carbocycles. The van der Waals surface area contributed by atoms with Gasteiger partial charge in [-0.15, -0.1) is 0 Å². The lowest BCUT2D eigenvalue weighted by atomic mass is 9.96. The van der Waals surface area contributed by atoms with Gasteiger partial charge in [0.25, 0.3) is 0 Å². The van der Waals surface area contributed by atoms with Gasteiger partial charge in [0.05, 0.1) is 11.5 Å². The molecule has 0 aliphatic rings. The normalized spacial score (nSPS) is 11.3. The van der Waals surface area contributed by atoms with Crippen LogP contribution in [0.5, 0.6) is 0 Å². The minimum Gasteiger partial charge on any atom is -0.368 e.